The van der Waals surface area contributed by atoms with Crippen LogP contribution in [0, 0.1) is 0 Å². The van der Waals surface area contributed by atoms with Gasteiger partial charge in [0, 0.05) is 24.2 Å². The second kappa shape index (κ2) is 8.53. The van der Waals surface area contributed by atoms with E-state index in [0.717, 1.165) is 43.5 Å². The van der Waals surface area contributed by atoms with Gasteiger partial charge in [0.2, 0.25) is 0 Å². The Balaban J connectivity index is 1.68. The summed E-state index contributed by atoms with van der Waals surface area (Å²) in [5.41, 5.74) is 3.80. The van der Waals surface area contributed by atoms with Gasteiger partial charge in [-0.2, -0.15) is 0 Å². The van der Waals surface area contributed by atoms with Crippen LogP contribution in [0.2, 0.25) is 0 Å². The van der Waals surface area contributed by atoms with Crippen molar-refractivity contribution in [3.63, 3.8) is 0 Å². The van der Waals surface area contributed by atoms with Crippen LogP contribution in [0.5, 0.6) is 5.75 Å². The molecule has 1 saturated heterocycles. The van der Waals surface area contributed by atoms with E-state index < -0.39 is 5.91 Å². The molecule has 1 fully saturated rings. The van der Waals surface area contributed by atoms with Gasteiger partial charge in [-0.25, -0.2) is 10.3 Å². The number of carbonyl (C=O) groups is 2. The van der Waals surface area contributed by atoms with Crippen LogP contribution in [-0.2, 0) is 6.54 Å². The maximum atomic E-state index is 13.4. The standard InChI is InChI=1S/C22H25N3O4/c26-21(23-28)17-9-10-18-14-25(22(27)24-11-5-2-6-12-24)19(15-29-20(18)13-17)16-7-3-1-4-8-16/h1,3-4,7-10,13,19,28H,2,5-6,11-12,14-15H2,(H,23,26). The second-order valence-electron chi connectivity index (χ2n) is 7.46. The van der Waals surface area contributed by atoms with Crippen LogP contribution in [0.25, 0.3) is 0 Å². The zero-order valence-electron chi connectivity index (χ0n) is 16.2. The third-order valence-corrected chi connectivity index (χ3v) is 5.60. The monoisotopic (exact) mass is 395 g/mol. The molecule has 1 unspecified atom stereocenters. The molecule has 29 heavy (non-hydrogen) atoms. The van der Waals surface area contributed by atoms with Gasteiger partial charge in [-0.05, 0) is 37.0 Å². The third-order valence-electron chi connectivity index (χ3n) is 5.60. The van der Waals surface area contributed by atoms with E-state index in [-0.39, 0.29) is 12.1 Å². The van der Waals surface area contributed by atoms with E-state index in [4.69, 9.17) is 9.94 Å². The zero-order valence-corrected chi connectivity index (χ0v) is 16.2. The number of urea groups is 1. The van der Waals surface area contributed by atoms with Gasteiger partial charge in [-0.1, -0.05) is 36.4 Å². The number of nitrogens with zero attached hydrogens (tertiary/aromatic N) is 2. The Morgan fingerprint density at radius 3 is 2.52 bits per heavy atom. The highest BCUT2D eigenvalue weighted by Crippen LogP contribution is 2.33. The Morgan fingerprint density at radius 1 is 1.03 bits per heavy atom. The molecule has 0 aliphatic carbocycles. The number of rotatable bonds is 2. The summed E-state index contributed by atoms with van der Waals surface area (Å²) >= 11 is 0. The van der Waals surface area contributed by atoms with Crippen molar-refractivity contribution in [2.45, 2.75) is 31.8 Å². The number of ether oxygens (including phenoxy) is 1. The Labute approximate surface area is 169 Å². The third kappa shape index (κ3) is 4.05. The molecule has 2 aromatic rings. The topological polar surface area (TPSA) is 82.1 Å². The maximum absolute atomic E-state index is 13.4. The van der Waals surface area contributed by atoms with Crippen LogP contribution in [-0.4, -0.2) is 46.6 Å². The molecule has 2 N–H and O–H groups in total. The number of carbonyl (C=O) groups excluding carboxylic acids is 2. The Hall–Kier alpha value is -3.06. The average molecular weight is 395 g/mol. The lowest BCUT2D eigenvalue weighted by molar-refractivity contribution is 0.0706. The Bertz CT molecular complexity index is 881. The highest BCUT2D eigenvalue weighted by atomic mass is 16.5. The summed E-state index contributed by atoms with van der Waals surface area (Å²) in [4.78, 5) is 29.0. The van der Waals surface area contributed by atoms with Gasteiger partial charge in [0.05, 0.1) is 12.6 Å². The van der Waals surface area contributed by atoms with Crippen molar-refractivity contribution in [1.82, 2.24) is 15.3 Å². The predicted octanol–water partition coefficient (Wildman–Crippen LogP) is 3.35. The van der Waals surface area contributed by atoms with Crippen LogP contribution >= 0.6 is 0 Å². The van der Waals surface area contributed by atoms with E-state index in [1.165, 1.54) is 0 Å². The first-order valence-electron chi connectivity index (χ1n) is 9.98. The number of fused-ring (bicyclic) bond motifs is 1. The largest absolute Gasteiger partial charge is 0.491 e. The molecule has 0 radical (unpaired) electrons. The molecule has 0 spiro atoms. The summed E-state index contributed by atoms with van der Waals surface area (Å²) in [6.07, 6.45) is 3.22. The minimum Gasteiger partial charge on any atom is -0.491 e. The lowest BCUT2D eigenvalue weighted by atomic mass is 10.0. The fourth-order valence-corrected chi connectivity index (χ4v) is 4.00. The molecule has 2 aromatic carbocycles. The van der Waals surface area contributed by atoms with Crippen molar-refractivity contribution in [3.05, 3.63) is 65.2 Å². The van der Waals surface area contributed by atoms with Crippen molar-refractivity contribution in [2.24, 2.45) is 0 Å². The van der Waals surface area contributed by atoms with E-state index in [2.05, 4.69) is 0 Å². The number of likely N-dealkylation sites (tertiary alicyclic amines) is 1. The van der Waals surface area contributed by atoms with Crippen LogP contribution in [0.1, 0.15) is 46.8 Å². The molecule has 4 rings (SSSR count). The summed E-state index contributed by atoms with van der Waals surface area (Å²) in [5.74, 6) is -0.0394. The summed E-state index contributed by atoms with van der Waals surface area (Å²) in [6.45, 7) is 2.24. The number of amides is 3. The number of hydroxylamine groups is 1. The smallest absolute Gasteiger partial charge is 0.320 e. The van der Waals surface area contributed by atoms with Crippen LogP contribution < -0.4 is 10.2 Å². The molecule has 152 valence electrons. The lowest BCUT2D eigenvalue weighted by Crippen LogP contribution is -2.47. The first kappa shape index (κ1) is 19.3. The van der Waals surface area contributed by atoms with Crippen molar-refractivity contribution >= 4 is 11.9 Å². The Kier molecular flexibility index (Phi) is 5.67. The minimum atomic E-state index is -0.596. The van der Waals surface area contributed by atoms with Crippen molar-refractivity contribution in [2.75, 3.05) is 19.7 Å². The molecule has 3 amide bonds. The van der Waals surface area contributed by atoms with Crippen LogP contribution in [0.4, 0.5) is 4.79 Å². The van der Waals surface area contributed by atoms with E-state index in [0.29, 0.717) is 24.5 Å². The SMILES string of the molecule is O=C(NO)c1ccc2c(c1)OCC(c1ccccc1)N(C(=O)N1CCCCC1)C2. The first-order valence-corrected chi connectivity index (χ1v) is 9.98. The second-order valence-corrected chi connectivity index (χ2v) is 7.46. The molecular weight excluding hydrogens is 370 g/mol. The quantitative estimate of drug-likeness (QED) is 0.604. The number of nitrogens with one attached hydrogen (secondary N) is 1. The molecule has 0 aromatic heterocycles. The zero-order chi connectivity index (χ0) is 20.2. The van der Waals surface area contributed by atoms with Crippen molar-refractivity contribution in [1.29, 1.82) is 0 Å². The molecule has 0 saturated carbocycles. The van der Waals surface area contributed by atoms with Gasteiger partial charge in [0.1, 0.15) is 12.4 Å². The van der Waals surface area contributed by atoms with E-state index in [1.54, 1.807) is 23.7 Å². The Morgan fingerprint density at radius 2 is 1.79 bits per heavy atom. The highest BCUT2D eigenvalue weighted by molar-refractivity contribution is 5.93. The minimum absolute atomic E-state index is 0.0205. The molecule has 1 atom stereocenters. The molecular formula is C22H25N3O4. The predicted molar refractivity (Wildman–Crippen MR) is 107 cm³/mol. The summed E-state index contributed by atoms with van der Waals surface area (Å²) in [6, 6.07) is 14.7. The van der Waals surface area contributed by atoms with Gasteiger partial charge in [0.15, 0.2) is 0 Å². The van der Waals surface area contributed by atoms with Gasteiger partial charge in [-0.3, -0.25) is 10.0 Å². The van der Waals surface area contributed by atoms with Gasteiger partial charge >= 0.3 is 6.03 Å². The van der Waals surface area contributed by atoms with Gasteiger partial charge in [0.25, 0.3) is 5.91 Å². The number of benzene rings is 2. The summed E-state index contributed by atoms with van der Waals surface area (Å²) < 4.78 is 6.04. The number of hydrogen-bond acceptors (Lipinski definition) is 4. The average Bonchev–Trinajstić information content (AvgIpc) is 2.98. The normalized spacial score (nSPS) is 19.0. The first-order chi connectivity index (χ1) is 14.2. The van der Waals surface area contributed by atoms with Crippen molar-refractivity contribution in [3.8, 4) is 5.75 Å². The van der Waals surface area contributed by atoms with E-state index in [9.17, 15) is 9.59 Å². The molecule has 2 heterocycles. The number of hydrogen-bond donors (Lipinski definition) is 2. The van der Waals surface area contributed by atoms with Crippen LogP contribution in [0.15, 0.2) is 48.5 Å². The van der Waals surface area contributed by atoms with E-state index in [1.807, 2.05) is 40.1 Å². The fourth-order valence-electron chi connectivity index (χ4n) is 4.00. The molecule has 2 aliphatic rings. The number of piperidine rings is 1. The molecule has 0 bridgehead atoms. The van der Waals surface area contributed by atoms with Gasteiger partial charge < -0.3 is 14.5 Å². The molecule has 7 heteroatoms. The van der Waals surface area contributed by atoms with E-state index >= 15 is 0 Å². The summed E-state index contributed by atoms with van der Waals surface area (Å²) in [5, 5.41) is 8.90. The molecule has 2 aliphatic heterocycles. The molecule has 7 nitrogen and oxygen atoms in total. The maximum Gasteiger partial charge on any atom is 0.320 e. The lowest BCUT2D eigenvalue weighted by Gasteiger charge is -2.36. The highest BCUT2D eigenvalue weighted by Gasteiger charge is 2.33. The summed E-state index contributed by atoms with van der Waals surface area (Å²) in [7, 11) is 0. The van der Waals surface area contributed by atoms with Crippen molar-refractivity contribution < 1.29 is 19.5 Å². The fraction of sp³-hybridized carbons (Fsp3) is 0.364. The van der Waals surface area contributed by atoms with Gasteiger partial charge in [-0.15, -0.1) is 0 Å². The van der Waals surface area contributed by atoms with Crippen LogP contribution in [0.3, 0.4) is 0 Å².